The van der Waals surface area contributed by atoms with E-state index < -0.39 is 0 Å². The predicted octanol–water partition coefficient (Wildman–Crippen LogP) is 2.02. The van der Waals surface area contributed by atoms with Gasteiger partial charge in [0.2, 0.25) is 0 Å². The second-order valence-corrected chi connectivity index (χ2v) is 3.05. The Labute approximate surface area is 84.8 Å². The average Bonchev–Trinajstić information content (AvgIpc) is 2.19. The lowest BCUT2D eigenvalue weighted by molar-refractivity contribution is 1.13. The molecule has 0 bridgehead atoms. The quantitative estimate of drug-likeness (QED) is 0.624. The van der Waals surface area contributed by atoms with Crippen molar-refractivity contribution in [3.8, 4) is 17.9 Å². The van der Waals surface area contributed by atoms with Gasteiger partial charge in [0, 0.05) is 19.7 Å². The highest BCUT2D eigenvalue weighted by Crippen LogP contribution is 2.16. The fraction of sp³-hybridized carbons (Fsp3) is 0.250. The molecular weight excluding hydrogens is 172 g/mol. The molecule has 2 nitrogen and oxygen atoms in total. The Bertz CT molecular complexity index is 402. The van der Waals surface area contributed by atoms with Crippen LogP contribution in [0.3, 0.4) is 0 Å². The van der Waals surface area contributed by atoms with Crippen molar-refractivity contribution >= 4 is 5.69 Å². The second-order valence-electron chi connectivity index (χ2n) is 3.05. The van der Waals surface area contributed by atoms with Crippen molar-refractivity contribution in [2.45, 2.75) is 6.42 Å². The molecule has 0 aliphatic rings. The van der Waals surface area contributed by atoms with Gasteiger partial charge in [-0.2, -0.15) is 5.26 Å². The third-order valence-corrected chi connectivity index (χ3v) is 1.78. The van der Waals surface area contributed by atoms with Crippen LogP contribution in [0.4, 0.5) is 5.69 Å². The summed E-state index contributed by atoms with van der Waals surface area (Å²) in [5, 5.41) is 8.36. The SMILES string of the molecule is CN(C)c1ccccc1C#CCC#N. The molecule has 14 heavy (non-hydrogen) atoms. The van der Waals surface area contributed by atoms with E-state index in [2.05, 4.69) is 11.8 Å². The molecule has 1 rings (SSSR count). The maximum Gasteiger partial charge on any atom is 0.0966 e. The molecule has 0 radical (unpaired) electrons. The maximum absolute atomic E-state index is 8.36. The van der Waals surface area contributed by atoms with Crippen LogP contribution >= 0.6 is 0 Å². The van der Waals surface area contributed by atoms with Gasteiger partial charge in [-0.15, -0.1) is 0 Å². The summed E-state index contributed by atoms with van der Waals surface area (Å²) in [5.41, 5.74) is 2.05. The van der Waals surface area contributed by atoms with E-state index in [0.717, 1.165) is 11.3 Å². The van der Waals surface area contributed by atoms with E-state index >= 15 is 0 Å². The number of hydrogen-bond acceptors (Lipinski definition) is 2. The lowest BCUT2D eigenvalue weighted by Gasteiger charge is -2.13. The van der Waals surface area contributed by atoms with Gasteiger partial charge in [0.05, 0.1) is 18.2 Å². The zero-order valence-electron chi connectivity index (χ0n) is 8.41. The Kier molecular flexibility index (Phi) is 3.58. The fourth-order valence-electron chi connectivity index (χ4n) is 1.15. The molecule has 0 saturated heterocycles. The minimum Gasteiger partial charge on any atom is -0.377 e. The average molecular weight is 184 g/mol. The van der Waals surface area contributed by atoms with Gasteiger partial charge in [-0.25, -0.2) is 0 Å². The lowest BCUT2D eigenvalue weighted by Crippen LogP contribution is -2.09. The Morgan fingerprint density at radius 1 is 1.29 bits per heavy atom. The van der Waals surface area contributed by atoms with Crippen molar-refractivity contribution in [3.05, 3.63) is 29.8 Å². The summed E-state index contributed by atoms with van der Waals surface area (Å²) in [7, 11) is 3.95. The van der Waals surface area contributed by atoms with Crippen molar-refractivity contribution in [1.29, 1.82) is 5.26 Å². The van der Waals surface area contributed by atoms with Gasteiger partial charge in [0.1, 0.15) is 0 Å². The monoisotopic (exact) mass is 184 g/mol. The van der Waals surface area contributed by atoms with Gasteiger partial charge in [0.15, 0.2) is 0 Å². The van der Waals surface area contributed by atoms with Crippen LogP contribution in [0, 0.1) is 23.2 Å². The molecule has 2 heteroatoms. The molecule has 0 N–H and O–H groups in total. The highest BCUT2D eigenvalue weighted by molar-refractivity contribution is 5.59. The topological polar surface area (TPSA) is 27.0 Å². The van der Waals surface area contributed by atoms with Crippen LogP contribution in [0.5, 0.6) is 0 Å². The largest absolute Gasteiger partial charge is 0.377 e. The Balaban J connectivity index is 2.99. The summed E-state index contributed by atoms with van der Waals surface area (Å²) in [6.07, 6.45) is 0.280. The molecule has 1 aromatic carbocycles. The van der Waals surface area contributed by atoms with Crippen molar-refractivity contribution in [2.24, 2.45) is 0 Å². The number of nitrogens with zero attached hydrogens (tertiary/aromatic N) is 2. The maximum atomic E-state index is 8.36. The van der Waals surface area contributed by atoms with Crippen molar-refractivity contribution in [3.63, 3.8) is 0 Å². The van der Waals surface area contributed by atoms with Crippen molar-refractivity contribution in [2.75, 3.05) is 19.0 Å². The number of hydrogen-bond donors (Lipinski definition) is 0. The van der Waals surface area contributed by atoms with Crippen LogP contribution in [0.25, 0.3) is 0 Å². The minimum absolute atomic E-state index is 0.280. The standard InChI is InChI=1S/C12H12N2/c1-14(2)12-9-4-3-7-11(12)8-5-6-10-13/h3-4,7,9H,6H2,1-2H3. The van der Waals surface area contributed by atoms with Gasteiger partial charge in [-0.3, -0.25) is 0 Å². The first-order valence-electron chi connectivity index (χ1n) is 4.38. The van der Waals surface area contributed by atoms with Crippen LogP contribution in [0.15, 0.2) is 24.3 Å². The first-order valence-corrected chi connectivity index (χ1v) is 4.38. The van der Waals surface area contributed by atoms with E-state index in [1.807, 2.05) is 49.3 Å². The highest BCUT2D eigenvalue weighted by Gasteiger charge is 1.98. The highest BCUT2D eigenvalue weighted by atomic mass is 15.1. The van der Waals surface area contributed by atoms with Crippen molar-refractivity contribution in [1.82, 2.24) is 0 Å². The Hall–Kier alpha value is -1.93. The van der Waals surface area contributed by atoms with Crippen LogP contribution < -0.4 is 4.90 Å². The minimum atomic E-state index is 0.280. The number of benzene rings is 1. The molecule has 0 heterocycles. The van der Waals surface area contributed by atoms with E-state index in [4.69, 9.17) is 5.26 Å². The van der Waals surface area contributed by atoms with E-state index in [0.29, 0.717) is 0 Å². The summed E-state index contributed by atoms with van der Waals surface area (Å²) in [5.74, 6) is 5.79. The van der Waals surface area contributed by atoms with Gasteiger partial charge < -0.3 is 4.90 Å². The molecular formula is C12H12N2. The number of rotatable bonds is 1. The normalized spacial score (nSPS) is 8.36. The molecule has 0 aliphatic carbocycles. The summed E-state index contributed by atoms with van der Waals surface area (Å²) in [6.45, 7) is 0. The predicted molar refractivity (Wildman–Crippen MR) is 57.9 cm³/mol. The fourth-order valence-corrected chi connectivity index (χ4v) is 1.15. The van der Waals surface area contributed by atoms with Gasteiger partial charge in [0.25, 0.3) is 0 Å². The summed E-state index contributed by atoms with van der Waals surface area (Å²) >= 11 is 0. The summed E-state index contributed by atoms with van der Waals surface area (Å²) < 4.78 is 0. The van der Waals surface area contributed by atoms with Crippen LogP contribution in [0.1, 0.15) is 12.0 Å². The first kappa shape index (κ1) is 10.2. The molecule has 0 fully saturated rings. The third-order valence-electron chi connectivity index (χ3n) is 1.78. The van der Waals surface area contributed by atoms with Crippen LogP contribution in [0.2, 0.25) is 0 Å². The van der Waals surface area contributed by atoms with E-state index in [1.54, 1.807) is 0 Å². The van der Waals surface area contributed by atoms with Gasteiger partial charge >= 0.3 is 0 Å². The lowest BCUT2D eigenvalue weighted by atomic mass is 10.1. The smallest absolute Gasteiger partial charge is 0.0966 e. The number of anilines is 1. The first-order chi connectivity index (χ1) is 6.75. The molecule has 0 atom stereocenters. The molecule has 0 aliphatic heterocycles. The van der Waals surface area contributed by atoms with Crippen molar-refractivity contribution < 1.29 is 0 Å². The molecule has 0 amide bonds. The van der Waals surface area contributed by atoms with E-state index in [1.165, 1.54) is 0 Å². The molecule has 1 aromatic rings. The van der Waals surface area contributed by atoms with Crippen LogP contribution in [-0.2, 0) is 0 Å². The molecule has 0 unspecified atom stereocenters. The molecule has 0 aromatic heterocycles. The van der Waals surface area contributed by atoms with Gasteiger partial charge in [-0.1, -0.05) is 24.0 Å². The summed E-state index contributed by atoms with van der Waals surface area (Å²) in [4.78, 5) is 2.01. The van der Waals surface area contributed by atoms with Gasteiger partial charge in [-0.05, 0) is 12.1 Å². The third kappa shape index (κ3) is 2.54. The van der Waals surface area contributed by atoms with Crippen LogP contribution in [-0.4, -0.2) is 14.1 Å². The molecule has 0 saturated carbocycles. The zero-order chi connectivity index (χ0) is 10.4. The number of para-hydroxylation sites is 1. The Morgan fingerprint density at radius 2 is 2.00 bits per heavy atom. The second kappa shape index (κ2) is 4.94. The number of nitriles is 1. The zero-order valence-corrected chi connectivity index (χ0v) is 8.41. The Morgan fingerprint density at radius 3 is 2.64 bits per heavy atom. The van der Waals surface area contributed by atoms with E-state index in [-0.39, 0.29) is 6.42 Å². The summed E-state index contributed by atoms with van der Waals surface area (Å²) in [6, 6.07) is 9.89. The molecule has 0 spiro atoms. The van der Waals surface area contributed by atoms with E-state index in [9.17, 15) is 0 Å². The molecule has 70 valence electrons.